The lowest BCUT2D eigenvalue weighted by atomic mass is 9.63. The standard InChI is InChI=1S/C22H26N2O3/c25-21-5-1-3-18(15-21)22-11-2-4-20(16-22)23(14-12-22)13-10-17-6-8-19(9-7-17)24(26)27/h1,3,5-9,15,20,25H,2,4,10-14,16H2. The first-order valence-electron chi connectivity index (χ1n) is 9.83. The van der Waals surface area contributed by atoms with Gasteiger partial charge in [0.15, 0.2) is 0 Å². The van der Waals surface area contributed by atoms with Crippen LogP contribution in [0.3, 0.4) is 0 Å². The number of piperidine rings is 1. The number of non-ortho nitro benzene ring substituents is 1. The SMILES string of the molecule is O=[N+]([O-])c1ccc(CCN2CCC3(c4cccc(O)c4)CCCC2C3)cc1. The number of phenols is 1. The maximum absolute atomic E-state index is 10.8. The van der Waals surface area contributed by atoms with Crippen LogP contribution in [0.15, 0.2) is 48.5 Å². The van der Waals surface area contributed by atoms with Crippen LogP contribution < -0.4 is 0 Å². The number of benzene rings is 2. The minimum Gasteiger partial charge on any atom is -0.508 e. The number of nitrogens with zero attached hydrogens (tertiary/aromatic N) is 2. The molecule has 0 spiro atoms. The fourth-order valence-corrected chi connectivity index (χ4v) is 5.00. The van der Waals surface area contributed by atoms with Crippen molar-refractivity contribution in [3.63, 3.8) is 0 Å². The predicted molar refractivity (Wildman–Crippen MR) is 105 cm³/mol. The first-order valence-corrected chi connectivity index (χ1v) is 9.83. The molecular formula is C22H26N2O3. The third-order valence-electron chi connectivity index (χ3n) is 6.51. The Morgan fingerprint density at radius 1 is 1.19 bits per heavy atom. The zero-order valence-electron chi connectivity index (χ0n) is 15.5. The molecule has 2 unspecified atom stereocenters. The summed E-state index contributed by atoms with van der Waals surface area (Å²) < 4.78 is 0. The Kier molecular flexibility index (Phi) is 4.87. The lowest BCUT2D eigenvalue weighted by Gasteiger charge is -2.51. The number of hydrogen-bond acceptors (Lipinski definition) is 4. The summed E-state index contributed by atoms with van der Waals surface area (Å²) in [7, 11) is 0. The van der Waals surface area contributed by atoms with Crippen molar-refractivity contribution in [3.8, 4) is 5.75 Å². The smallest absolute Gasteiger partial charge is 0.269 e. The maximum Gasteiger partial charge on any atom is 0.269 e. The Labute approximate surface area is 159 Å². The van der Waals surface area contributed by atoms with Crippen LogP contribution >= 0.6 is 0 Å². The van der Waals surface area contributed by atoms with Crippen LogP contribution in [0.1, 0.15) is 43.2 Å². The molecule has 5 heteroatoms. The molecule has 0 amide bonds. The van der Waals surface area contributed by atoms with Gasteiger partial charge < -0.3 is 5.11 Å². The molecular weight excluding hydrogens is 340 g/mol. The van der Waals surface area contributed by atoms with Crippen molar-refractivity contribution in [3.05, 3.63) is 69.8 Å². The van der Waals surface area contributed by atoms with E-state index in [0.717, 1.165) is 37.9 Å². The molecule has 2 atom stereocenters. The zero-order chi connectivity index (χ0) is 18.9. The lowest BCUT2D eigenvalue weighted by Crippen LogP contribution is -2.52. The van der Waals surface area contributed by atoms with E-state index in [2.05, 4.69) is 11.0 Å². The van der Waals surface area contributed by atoms with Crippen LogP contribution in [0.2, 0.25) is 0 Å². The van der Waals surface area contributed by atoms with Gasteiger partial charge in [-0.1, -0.05) is 30.7 Å². The second kappa shape index (κ2) is 7.31. The summed E-state index contributed by atoms with van der Waals surface area (Å²) in [5, 5.41) is 20.7. The highest BCUT2D eigenvalue weighted by Crippen LogP contribution is 2.47. The van der Waals surface area contributed by atoms with Gasteiger partial charge in [0.05, 0.1) is 4.92 Å². The molecule has 5 nitrogen and oxygen atoms in total. The minimum absolute atomic E-state index is 0.153. The van der Waals surface area contributed by atoms with Gasteiger partial charge in [-0.2, -0.15) is 0 Å². The Hall–Kier alpha value is -2.40. The van der Waals surface area contributed by atoms with E-state index in [9.17, 15) is 15.2 Å². The number of rotatable bonds is 5. The first-order chi connectivity index (χ1) is 13.1. The molecule has 2 aromatic rings. The van der Waals surface area contributed by atoms with Gasteiger partial charge in [0, 0.05) is 24.7 Å². The predicted octanol–water partition coefficient (Wildman–Crippen LogP) is 4.43. The van der Waals surface area contributed by atoms with Crippen LogP contribution in [-0.4, -0.2) is 34.1 Å². The lowest BCUT2D eigenvalue weighted by molar-refractivity contribution is -0.384. The molecule has 0 aromatic heterocycles. The second-order valence-electron chi connectivity index (χ2n) is 8.04. The van der Waals surface area contributed by atoms with Crippen molar-refractivity contribution in [1.29, 1.82) is 0 Å². The van der Waals surface area contributed by atoms with Crippen molar-refractivity contribution in [2.45, 2.75) is 50.0 Å². The molecule has 2 aliphatic rings. The third kappa shape index (κ3) is 3.69. The summed E-state index contributed by atoms with van der Waals surface area (Å²) in [6.07, 6.45) is 6.90. The van der Waals surface area contributed by atoms with E-state index in [-0.39, 0.29) is 16.0 Å². The highest BCUT2D eigenvalue weighted by atomic mass is 16.6. The molecule has 4 rings (SSSR count). The van der Waals surface area contributed by atoms with Crippen molar-refractivity contribution < 1.29 is 10.0 Å². The Morgan fingerprint density at radius 3 is 2.74 bits per heavy atom. The van der Waals surface area contributed by atoms with Gasteiger partial charge in [0.1, 0.15) is 5.75 Å². The van der Waals surface area contributed by atoms with Crippen LogP contribution in [-0.2, 0) is 11.8 Å². The Balaban J connectivity index is 1.41. The van der Waals surface area contributed by atoms with Crippen LogP contribution in [0.5, 0.6) is 5.75 Å². The molecule has 1 aliphatic carbocycles. The monoisotopic (exact) mass is 366 g/mol. The molecule has 27 heavy (non-hydrogen) atoms. The van der Waals surface area contributed by atoms with Crippen LogP contribution in [0.4, 0.5) is 5.69 Å². The summed E-state index contributed by atoms with van der Waals surface area (Å²) in [5.74, 6) is 0.365. The third-order valence-corrected chi connectivity index (χ3v) is 6.51. The molecule has 142 valence electrons. The van der Waals surface area contributed by atoms with E-state index in [4.69, 9.17) is 0 Å². The maximum atomic E-state index is 10.8. The average Bonchev–Trinajstić information content (AvgIpc) is 2.68. The minimum atomic E-state index is -0.350. The molecule has 1 saturated carbocycles. The van der Waals surface area contributed by atoms with E-state index < -0.39 is 0 Å². The molecule has 1 aliphatic heterocycles. The quantitative estimate of drug-likeness (QED) is 0.628. The van der Waals surface area contributed by atoms with Gasteiger partial charge in [-0.15, -0.1) is 0 Å². The molecule has 0 radical (unpaired) electrons. The molecule has 2 bridgehead atoms. The fourth-order valence-electron chi connectivity index (χ4n) is 5.00. The van der Waals surface area contributed by atoms with E-state index in [1.165, 1.54) is 24.8 Å². The van der Waals surface area contributed by atoms with E-state index >= 15 is 0 Å². The highest BCUT2D eigenvalue weighted by Gasteiger charge is 2.43. The number of phenolic OH excluding ortho intramolecular Hbond substituents is 1. The number of fused-ring (bicyclic) bond motifs is 2. The van der Waals surface area contributed by atoms with E-state index in [0.29, 0.717) is 11.8 Å². The summed E-state index contributed by atoms with van der Waals surface area (Å²) in [6, 6.07) is 15.4. The van der Waals surface area contributed by atoms with Crippen molar-refractivity contribution >= 4 is 5.69 Å². The fraction of sp³-hybridized carbons (Fsp3) is 0.455. The van der Waals surface area contributed by atoms with Crippen molar-refractivity contribution in [2.75, 3.05) is 13.1 Å². The van der Waals surface area contributed by atoms with Gasteiger partial charge in [-0.25, -0.2) is 0 Å². The zero-order valence-corrected chi connectivity index (χ0v) is 15.5. The molecule has 1 saturated heterocycles. The average molecular weight is 366 g/mol. The van der Waals surface area contributed by atoms with Gasteiger partial charge >= 0.3 is 0 Å². The van der Waals surface area contributed by atoms with Crippen molar-refractivity contribution in [2.24, 2.45) is 0 Å². The van der Waals surface area contributed by atoms with Gasteiger partial charge in [0.2, 0.25) is 0 Å². The highest BCUT2D eigenvalue weighted by molar-refractivity contribution is 5.35. The van der Waals surface area contributed by atoms with Gasteiger partial charge in [-0.3, -0.25) is 15.0 Å². The number of nitro groups is 1. The van der Waals surface area contributed by atoms with Gasteiger partial charge in [-0.05, 0) is 67.3 Å². The Bertz CT molecular complexity index is 821. The largest absolute Gasteiger partial charge is 0.508 e. The number of nitro benzene ring substituents is 1. The normalized spacial score (nSPS) is 25.3. The number of likely N-dealkylation sites (tertiary alicyclic amines) is 1. The van der Waals surface area contributed by atoms with Crippen LogP contribution in [0, 0.1) is 10.1 Å². The van der Waals surface area contributed by atoms with E-state index in [1.807, 2.05) is 24.3 Å². The summed E-state index contributed by atoms with van der Waals surface area (Å²) in [6.45, 7) is 2.08. The number of hydrogen-bond donors (Lipinski definition) is 1. The summed E-state index contributed by atoms with van der Waals surface area (Å²) >= 11 is 0. The van der Waals surface area contributed by atoms with Gasteiger partial charge in [0.25, 0.3) is 5.69 Å². The first kappa shape index (κ1) is 18.0. The molecule has 1 heterocycles. The topological polar surface area (TPSA) is 66.6 Å². The summed E-state index contributed by atoms with van der Waals surface area (Å²) in [5.41, 5.74) is 2.81. The summed E-state index contributed by atoms with van der Waals surface area (Å²) in [4.78, 5) is 13.0. The molecule has 2 aromatic carbocycles. The Morgan fingerprint density at radius 2 is 2.00 bits per heavy atom. The van der Waals surface area contributed by atoms with Crippen LogP contribution in [0.25, 0.3) is 0 Å². The number of aromatic hydroxyl groups is 1. The molecule has 2 fully saturated rings. The second-order valence-corrected chi connectivity index (χ2v) is 8.04. The molecule has 1 N–H and O–H groups in total. The van der Waals surface area contributed by atoms with Crippen molar-refractivity contribution in [1.82, 2.24) is 4.90 Å². The van der Waals surface area contributed by atoms with E-state index in [1.54, 1.807) is 18.2 Å².